The third-order valence-corrected chi connectivity index (χ3v) is 4.94. The predicted octanol–water partition coefficient (Wildman–Crippen LogP) is 3.32. The molecule has 0 spiro atoms. The number of hydrogen-bond acceptors (Lipinski definition) is 5. The molecule has 4 nitrogen and oxygen atoms in total. The van der Waals surface area contributed by atoms with Crippen LogP contribution >= 0.6 is 23.1 Å². The van der Waals surface area contributed by atoms with E-state index in [1.54, 1.807) is 22.9 Å². The smallest absolute Gasteiger partial charge is 0.240 e. The first-order valence-corrected chi connectivity index (χ1v) is 8.29. The van der Waals surface area contributed by atoms with Crippen molar-refractivity contribution in [2.45, 2.75) is 12.3 Å². The number of carbonyl (C=O) groups is 1. The van der Waals surface area contributed by atoms with Crippen LogP contribution in [0.3, 0.4) is 0 Å². The van der Waals surface area contributed by atoms with Gasteiger partial charge < -0.3 is 4.74 Å². The Bertz CT molecular complexity index is 601. The van der Waals surface area contributed by atoms with Crippen LogP contribution in [0.5, 0.6) is 5.75 Å². The summed E-state index contributed by atoms with van der Waals surface area (Å²) in [5.41, 5.74) is 1.03. The average molecular weight is 306 g/mol. The van der Waals surface area contributed by atoms with Gasteiger partial charge in [-0.15, -0.1) is 23.1 Å². The second-order valence-electron chi connectivity index (χ2n) is 4.21. The zero-order valence-corrected chi connectivity index (χ0v) is 12.6. The Balaban J connectivity index is 1.98. The van der Waals surface area contributed by atoms with Crippen molar-refractivity contribution in [2.75, 3.05) is 17.3 Å². The van der Waals surface area contributed by atoms with Crippen LogP contribution in [0.2, 0.25) is 0 Å². The van der Waals surface area contributed by atoms with Crippen molar-refractivity contribution in [1.29, 1.82) is 0 Å². The van der Waals surface area contributed by atoms with Gasteiger partial charge in [0.2, 0.25) is 5.91 Å². The molecule has 1 aromatic heterocycles. The summed E-state index contributed by atoms with van der Waals surface area (Å²) < 4.78 is 5.68. The van der Waals surface area contributed by atoms with Crippen molar-refractivity contribution in [1.82, 2.24) is 4.98 Å². The van der Waals surface area contributed by atoms with Gasteiger partial charge in [0.05, 0.1) is 12.4 Å². The van der Waals surface area contributed by atoms with E-state index < -0.39 is 0 Å². The van der Waals surface area contributed by atoms with Crippen molar-refractivity contribution in [2.24, 2.45) is 0 Å². The van der Waals surface area contributed by atoms with E-state index in [0.29, 0.717) is 12.4 Å². The minimum absolute atomic E-state index is 0.0589. The number of benzene rings is 1. The summed E-state index contributed by atoms with van der Waals surface area (Å²) in [5, 5.41) is 2.57. The molecule has 104 valence electrons. The molecule has 1 aromatic carbocycles. The highest BCUT2D eigenvalue weighted by molar-refractivity contribution is 8.00. The van der Waals surface area contributed by atoms with E-state index in [-0.39, 0.29) is 11.3 Å². The number of ether oxygens (including phenoxy) is 1. The standard InChI is InChI=1S/C14H14N2O2S2/c1-2-18-11-6-4-3-5-10(11)13-16(12(17)9-20-13)14-15-7-8-19-14/h3-8,13H,2,9H2,1H3/t13-/m0/s1. The van der Waals surface area contributed by atoms with Crippen LogP contribution in [0.25, 0.3) is 0 Å². The quantitative estimate of drug-likeness (QED) is 0.869. The summed E-state index contributed by atoms with van der Waals surface area (Å²) in [5.74, 6) is 1.41. The Kier molecular flexibility index (Phi) is 3.93. The van der Waals surface area contributed by atoms with Gasteiger partial charge in [0, 0.05) is 17.1 Å². The van der Waals surface area contributed by atoms with Gasteiger partial charge >= 0.3 is 0 Å². The lowest BCUT2D eigenvalue weighted by Crippen LogP contribution is -2.27. The van der Waals surface area contributed by atoms with Crippen LogP contribution in [-0.2, 0) is 4.79 Å². The molecule has 1 aliphatic rings. The van der Waals surface area contributed by atoms with Gasteiger partial charge in [0.1, 0.15) is 11.1 Å². The summed E-state index contributed by atoms with van der Waals surface area (Å²) in [7, 11) is 0. The Morgan fingerprint density at radius 3 is 3.05 bits per heavy atom. The minimum Gasteiger partial charge on any atom is -0.493 e. The lowest BCUT2D eigenvalue weighted by molar-refractivity contribution is -0.115. The molecule has 0 aliphatic carbocycles. The second-order valence-corrected chi connectivity index (χ2v) is 6.15. The van der Waals surface area contributed by atoms with Crippen molar-refractivity contribution >= 4 is 34.1 Å². The van der Waals surface area contributed by atoms with Gasteiger partial charge in [0.15, 0.2) is 5.13 Å². The highest BCUT2D eigenvalue weighted by Crippen LogP contribution is 2.45. The van der Waals surface area contributed by atoms with Crippen molar-refractivity contribution in [3.05, 3.63) is 41.4 Å². The third kappa shape index (κ3) is 2.41. The maximum Gasteiger partial charge on any atom is 0.240 e. The van der Waals surface area contributed by atoms with E-state index in [2.05, 4.69) is 4.98 Å². The number of amides is 1. The molecular weight excluding hydrogens is 292 g/mol. The van der Waals surface area contributed by atoms with E-state index in [9.17, 15) is 4.79 Å². The van der Waals surface area contributed by atoms with E-state index in [1.165, 1.54) is 11.3 Å². The molecule has 3 rings (SSSR count). The molecule has 1 saturated heterocycles. The van der Waals surface area contributed by atoms with Crippen molar-refractivity contribution in [3.63, 3.8) is 0 Å². The molecule has 1 fully saturated rings. The van der Waals surface area contributed by atoms with Crippen LogP contribution in [-0.4, -0.2) is 23.3 Å². The highest BCUT2D eigenvalue weighted by atomic mass is 32.2. The number of aromatic nitrogens is 1. The number of carbonyl (C=O) groups excluding carboxylic acids is 1. The summed E-state index contributed by atoms with van der Waals surface area (Å²) in [6.07, 6.45) is 1.72. The molecule has 0 radical (unpaired) electrons. The van der Waals surface area contributed by atoms with E-state index in [4.69, 9.17) is 4.74 Å². The minimum atomic E-state index is -0.0589. The van der Waals surface area contributed by atoms with Crippen LogP contribution in [0, 0.1) is 0 Å². The summed E-state index contributed by atoms with van der Waals surface area (Å²) in [6.45, 7) is 2.57. The van der Waals surface area contributed by atoms with E-state index in [0.717, 1.165) is 16.4 Å². The molecule has 20 heavy (non-hydrogen) atoms. The van der Waals surface area contributed by atoms with Crippen molar-refractivity contribution in [3.8, 4) is 5.75 Å². The number of hydrogen-bond donors (Lipinski definition) is 0. The number of nitrogens with zero attached hydrogens (tertiary/aromatic N) is 2. The van der Waals surface area contributed by atoms with Gasteiger partial charge in [-0.25, -0.2) is 4.98 Å². The lowest BCUT2D eigenvalue weighted by atomic mass is 10.2. The first-order valence-electron chi connectivity index (χ1n) is 6.36. The van der Waals surface area contributed by atoms with Gasteiger partial charge in [-0.05, 0) is 13.0 Å². The number of anilines is 1. The maximum atomic E-state index is 12.2. The predicted molar refractivity (Wildman–Crippen MR) is 82.4 cm³/mol. The monoisotopic (exact) mass is 306 g/mol. The Labute approximate surface area is 125 Å². The summed E-state index contributed by atoms with van der Waals surface area (Å²) in [6, 6.07) is 7.88. The van der Waals surface area contributed by atoms with Crippen LogP contribution in [0.1, 0.15) is 17.9 Å². The van der Waals surface area contributed by atoms with E-state index >= 15 is 0 Å². The van der Waals surface area contributed by atoms with Gasteiger partial charge in [-0.2, -0.15) is 0 Å². The number of para-hydroxylation sites is 1. The lowest BCUT2D eigenvalue weighted by Gasteiger charge is -2.23. The number of thioether (sulfide) groups is 1. The van der Waals surface area contributed by atoms with Crippen LogP contribution < -0.4 is 9.64 Å². The fourth-order valence-electron chi connectivity index (χ4n) is 2.17. The maximum absolute atomic E-state index is 12.2. The highest BCUT2D eigenvalue weighted by Gasteiger charge is 2.36. The molecule has 1 aliphatic heterocycles. The number of thiazole rings is 1. The van der Waals surface area contributed by atoms with Gasteiger partial charge in [-0.1, -0.05) is 18.2 Å². The normalized spacial score (nSPS) is 18.6. The Morgan fingerprint density at radius 2 is 2.30 bits per heavy atom. The zero-order chi connectivity index (χ0) is 13.9. The number of rotatable bonds is 4. The Morgan fingerprint density at radius 1 is 1.45 bits per heavy atom. The van der Waals surface area contributed by atoms with E-state index in [1.807, 2.05) is 36.6 Å². The molecule has 2 heterocycles. The fraction of sp³-hybridized carbons (Fsp3) is 0.286. The largest absolute Gasteiger partial charge is 0.493 e. The second kappa shape index (κ2) is 5.85. The van der Waals surface area contributed by atoms with Crippen LogP contribution in [0.15, 0.2) is 35.8 Å². The SMILES string of the molecule is CCOc1ccccc1[C@@H]1SCC(=O)N1c1nccs1. The van der Waals surface area contributed by atoms with Gasteiger partial charge in [-0.3, -0.25) is 9.69 Å². The molecule has 1 amide bonds. The zero-order valence-electron chi connectivity index (χ0n) is 11.0. The molecular formula is C14H14N2O2S2. The fourth-order valence-corrected chi connectivity index (χ4v) is 4.10. The molecule has 1 atom stereocenters. The molecule has 2 aromatic rings. The molecule has 0 N–H and O–H groups in total. The summed E-state index contributed by atoms with van der Waals surface area (Å²) in [4.78, 5) is 18.2. The average Bonchev–Trinajstić information content (AvgIpc) is 3.09. The molecule has 0 bridgehead atoms. The third-order valence-electron chi connectivity index (χ3n) is 2.98. The van der Waals surface area contributed by atoms with Crippen molar-refractivity contribution < 1.29 is 9.53 Å². The first kappa shape index (κ1) is 13.5. The molecule has 6 heteroatoms. The summed E-state index contributed by atoms with van der Waals surface area (Å²) >= 11 is 3.09. The Hall–Kier alpha value is -1.53. The molecule has 0 saturated carbocycles. The van der Waals surface area contributed by atoms with Gasteiger partial charge in [0.25, 0.3) is 0 Å². The van der Waals surface area contributed by atoms with Crippen LogP contribution in [0.4, 0.5) is 5.13 Å². The topological polar surface area (TPSA) is 42.4 Å². The first-order chi connectivity index (χ1) is 9.81. The molecule has 0 unspecified atom stereocenters.